The molecular formula is C20H23F2N3O2. The molecule has 2 aromatic rings. The molecule has 1 fully saturated rings. The van der Waals surface area contributed by atoms with Crippen LogP contribution in [0, 0.1) is 17.6 Å². The molecule has 1 aliphatic rings. The highest BCUT2D eigenvalue weighted by Crippen LogP contribution is 2.25. The predicted molar refractivity (Wildman–Crippen MR) is 101 cm³/mol. The van der Waals surface area contributed by atoms with E-state index in [1.807, 2.05) is 11.8 Å². The number of amides is 2. The third-order valence-corrected chi connectivity index (χ3v) is 4.53. The van der Waals surface area contributed by atoms with Crippen molar-refractivity contribution < 1.29 is 18.3 Å². The summed E-state index contributed by atoms with van der Waals surface area (Å²) in [6, 6.07) is 10.8. The maximum Gasteiger partial charge on any atom is 0.319 e. The predicted octanol–water partition coefficient (Wildman–Crippen LogP) is 4.01. The summed E-state index contributed by atoms with van der Waals surface area (Å²) in [4.78, 5) is 14.1. The number of anilines is 2. The Kier molecular flexibility index (Phi) is 6.11. The zero-order valence-electron chi connectivity index (χ0n) is 15.2. The Balaban J connectivity index is 1.44. The van der Waals surface area contributed by atoms with E-state index in [-0.39, 0.29) is 11.9 Å². The molecule has 0 aromatic heterocycles. The van der Waals surface area contributed by atoms with E-state index in [1.165, 1.54) is 6.07 Å². The maximum absolute atomic E-state index is 13.4. The number of rotatable bonds is 6. The number of benzene rings is 2. The van der Waals surface area contributed by atoms with Gasteiger partial charge in [-0.2, -0.15) is 0 Å². The minimum Gasteiger partial charge on any atom is -0.494 e. The SMILES string of the molecule is CCOc1ccc(NC(=O)NCC2CCN(c3ccc(F)c(F)c3)C2)cc1. The third kappa shape index (κ3) is 5.09. The van der Waals surface area contributed by atoms with Crippen molar-refractivity contribution in [3.63, 3.8) is 0 Å². The van der Waals surface area contributed by atoms with Crippen LogP contribution < -0.4 is 20.3 Å². The zero-order valence-corrected chi connectivity index (χ0v) is 15.2. The van der Waals surface area contributed by atoms with Crippen molar-refractivity contribution in [3.05, 3.63) is 54.1 Å². The summed E-state index contributed by atoms with van der Waals surface area (Å²) in [5.74, 6) is -0.679. The van der Waals surface area contributed by atoms with E-state index < -0.39 is 11.6 Å². The molecule has 0 spiro atoms. The Hall–Kier alpha value is -2.83. The lowest BCUT2D eigenvalue weighted by atomic mass is 10.1. The van der Waals surface area contributed by atoms with Gasteiger partial charge in [-0.15, -0.1) is 0 Å². The molecule has 2 amide bonds. The van der Waals surface area contributed by atoms with Gasteiger partial charge in [-0.3, -0.25) is 0 Å². The van der Waals surface area contributed by atoms with Crippen LogP contribution in [0.3, 0.4) is 0 Å². The monoisotopic (exact) mass is 375 g/mol. The van der Waals surface area contributed by atoms with Gasteiger partial charge in [0, 0.05) is 37.1 Å². The summed E-state index contributed by atoms with van der Waals surface area (Å²) in [6.45, 7) is 4.46. The number of carbonyl (C=O) groups excluding carboxylic acids is 1. The van der Waals surface area contributed by atoms with Crippen LogP contribution in [0.5, 0.6) is 5.75 Å². The Bertz CT molecular complexity index is 783. The molecule has 2 aromatic carbocycles. The molecule has 1 aliphatic heterocycles. The quantitative estimate of drug-likeness (QED) is 0.802. The smallest absolute Gasteiger partial charge is 0.319 e. The van der Waals surface area contributed by atoms with Gasteiger partial charge in [0.15, 0.2) is 11.6 Å². The molecule has 27 heavy (non-hydrogen) atoms. The Morgan fingerprint density at radius 1 is 1.19 bits per heavy atom. The molecule has 5 nitrogen and oxygen atoms in total. The molecule has 144 valence electrons. The number of nitrogens with zero attached hydrogens (tertiary/aromatic N) is 1. The molecule has 2 N–H and O–H groups in total. The summed E-state index contributed by atoms with van der Waals surface area (Å²) in [5, 5.41) is 5.64. The minimum atomic E-state index is -0.845. The van der Waals surface area contributed by atoms with Gasteiger partial charge >= 0.3 is 6.03 Å². The van der Waals surface area contributed by atoms with Crippen molar-refractivity contribution in [2.75, 3.05) is 36.5 Å². The number of halogens is 2. The third-order valence-electron chi connectivity index (χ3n) is 4.53. The average molecular weight is 375 g/mol. The molecule has 7 heteroatoms. The molecule has 1 unspecified atom stereocenters. The van der Waals surface area contributed by atoms with E-state index in [0.717, 1.165) is 24.8 Å². The molecule has 1 saturated heterocycles. The van der Waals surface area contributed by atoms with E-state index >= 15 is 0 Å². The second-order valence-electron chi connectivity index (χ2n) is 6.49. The van der Waals surface area contributed by atoms with Gasteiger partial charge in [0.25, 0.3) is 0 Å². The first-order valence-electron chi connectivity index (χ1n) is 9.03. The summed E-state index contributed by atoms with van der Waals surface area (Å²) >= 11 is 0. The normalized spacial score (nSPS) is 16.3. The lowest BCUT2D eigenvalue weighted by molar-refractivity contribution is 0.250. The second-order valence-corrected chi connectivity index (χ2v) is 6.49. The van der Waals surface area contributed by atoms with Crippen LogP contribution in [-0.2, 0) is 0 Å². The number of hydrogen-bond donors (Lipinski definition) is 2. The van der Waals surface area contributed by atoms with Crippen molar-refractivity contribution in [1.82, 2.24) is 5.32 Å². The van der Waals surface area contributed by atoms with E-state index in [4.69, 9.17) is 4.74 Å². The molecule has 0 radical (unpaired) electrons. The summed E-state index contributed by atoms with van der Waals surface area (Å²) in [6.07, 6.45) is 0.877. The average Bonchev–Trinajstić information content (AvgIpc) is 3.13. The summed E-state index contributed by atoms with van der Waals surface area (Å²) < 4.78 is 31.8. The fourth-order valence-corrected chi connectivity index (χ4v) is 3.13. The first-order valence-corrected chi connectivity index (χ1v) is 9.03. The Morgan fingerprint density at radius 2 is 1.96 bits per heavy atom. The van der Waals surface area contributed by atoms with Gasteiger partial charge in [0.1, 0.15) is 5.75 Å². The summed E-state index contributed by atoms with van der Waals surface area (Å²) in [5.41, 5.74) is 1.35. The molecule has 0 saturated carbocycles. The lowest BCUT2D eigenvalue weighted by Crippen LogP contribution is -2.34. The molecular weight excluding hydrogens is 352 g/mol. The second kappa shape index (κ2) is 8.70. The minimum absolute atomic E-state index is 0.254. The van der Waals surface area contributed by atoms with E-state index in [9.17, 15) is 13.6 Å². The van der Waals surface area contributed by atoms with Crippen LogP contribution in [0.15, 0.2) is 42.5 Å². The Morgan fingerprint density at radius 3 is 2.67 bits per heavy atom. The van der Waals surface area contributed by atoms with Crippen molar-refractivity contribution >= 4 is 17.4 Å². The standard InChI is InChI=1S/C20H23F2N3O2/c1-2-27-17-6-3-15(4-7-17)24-20(26)23-12-14-9-10-25(13-14)16-5-8-18(21)19(22)11-16/h3-8,11,14H,2,9-10,12-13H2,1H3,(H2,23,24,26). The van der Waals surface area contributed by atoms with Gasteiger partial charge in [-0.1, -0.05) is 0 Å². The van der Waals surface area contributed by atoms with Crippen LogP contribution in [0.2, 0.25) is 0 Å². The molecule has 1 atom stereocenters. The fourth-order valence-electron chi connectivity index (χ4n) is 3.13. The number of nitrogens with one attached hydrogen (secondary N) is 2. The van der Waals surface area contributed by atoms with E-state index in [1.54, 1.807) is 30.3 Å². The number of carbonyl (C=O) groups is 1. The number of hydrogen-bond acceptors (Lipinski definition) is 3. The van der Waals surface area contributed by atoms with Crippen LogP contribution in [0.4, 0.5) is 25.0 Å². The topological polar surface area (TPSA) is 53.6 Å². The molecule has 0 aliphatic carbocycles. The van der Waals surface area contributed by atoms with Gasteiger partial charge in [-0.05, 0) is 55.7 Å². The molecule has 0 bridgehead atoms. The first-order chi connectivity index (χ1) is 13.0. The number of urea groups is 1. The van der Waals surface area contributed by atoms with E-state index in [2.05, 4.69) is 10.6 Å². The zero-order chi connectivity index (χ0) is 19.2. The van der Waals surface area contributed by atoms with Crippen LogP contribution in [0.25, 0.3) is 0 Å². The van der Waals surface area contributed by atoms with Gasteiger partial charge in [0.2, 0.25) is 0 Å². The highest BCUT2D eigenvalue weighted by atomic mass is 19.2. The van der Waals surface area contributed by atoms with E-state index in [0.29, 0.717) is 31.1 Å². The van der Waals surface area contributed by atoms with Gasteiger partial charge in [0.05, 0.1) is 6.61 Å². The highest BCUT2D eigenvalue weighted by molar-refractivity contribution is 5.89. The number of ether oxygens (including phenoxy) is 1. The maximum atomic E-state index is 13.4. The lowest BCUT2D eigenvalue weighted by Gasteiger charge is -2.19. The molecule has 3 rings (SSSR count). The summed E-state index contributed by atoms with van der Waals surface area (Å²) in [7, 11) is 0. The molecule has 1 heterocycles. The largest absolute Gasteiger partial charge is 0.494 e. The van der Waals surface area contributed by atoms with Gasteiger partial charge < -0.3 is 20.3 Å². The van der Waals surface area contributed by atoms with Crippen molar-refractivity contribution in [2.45, 2.75) is 13.3 Å². The van der Waals surface area contributed by atoms with Crippen LogP contribution in [-0.4, -0.2) is 32.3 Å². The van der Waals surface area contributed by atoms with Crippen molar-refractivity contribution in [2.24, 2.45) is 5.92 Å². The van der Waals surface area contributed by atoms with Crippen LogP contribution in [0.1, 0.15) is 13.3 Å². The van der Waals surface area contributed by atoms with Gasteiger partial charge in [-0.25, -0.2) is 13.6 Å². The highest BCUT2D eigenvalue weighted by Gasteiger charge is 2.23. The fraction of sp³-hybridized carbons (Fsp3) is 0.350. The van der Waals surface area contributed by atoms with Crippen molar-refractivity contribution in [3.8, 4) is 5.75 Å². The van der Waals surface area contributed by atoms with Crippen molar-refractivity contribution in [1.29, 1.82) is 0 Å². The Labute approximate surface area is 157 Å². The first kappa shape index (κ1) is 18.9. The van der Waals surface area contributed by atoms with Crippen LogP contribution >= 0.6 is 0 Å².